The van der Waals surface area contributed by atoms with E-state index in [0.717, 1.165) is 32.9 Å². The summed E-state index contributed by atoms with van der Waals surface area (Å²) >= 11 is 8.26. The van der Waals surface area contributed by atoms with Crippen molar-refractivity contribution < 1.29 is 22.7 Å². The smallest absolute Gasteiger partial charge is 0.312 e. The largest absolute Gasteiger partial charge is 0.470 e. The monoisotopic (exact) mass is 680 g/mol. The molecule has 0 radical (unpaired) electrons. The maximum Gasteiger partial charge on any atom is 0.312 e. The third kappa shape index (κ3) is 6.09. The number of rotatable bonds is 6. The van der Waals surface area contributed by atoms with E-state index in [1.165, 1.54) is 27.9 Å². The molecule has 9 nitrogen and oxygen atoms in total. The fourth-order valence-corrected chi connectivity index (χ4v) is 9.30. The molecule has 0 fully saturated rings. The molecule has 2 N–H and O–H groups in total. The predicted octanol–water partition coefficient (Wildman–Crippen LogP) is 6.82. The van der Waals surface area contributed by atoms with E-state index >= 15 is 0 Å². The topological polar surface area (TPSA) is 110 Å². The molecule has 0 saturated heterocycles. The number of esters is 1. The van der Waals surface area contributed by atoms with Crippen LogP contribution in [-0.4, -0.2) is 49.4 Å². The molecule has 46 heavy (non-hydrogen) atoms. The van der Waals surface area contributed by atoms with E-state index < -0.39 is 27.5 Å². The van der Waals surface area contributed by atoms with Crippen LogP contribution in [0.5, 0.6) is 5.88 Å². The minimum absolute atomic E-state index is 0.0165. The Morgan fingerprint density at radius 1 is 1.20 bits per heavy atom. The zero-order chi connectivity index (χ0) is 32.6. The molecule has 0 saturated carbocycles. The van der Waals surface area contributed by atoms with Crippen LogP contribution in [0.2, 0.25) is 4.34 Å². The fourth-order valence-electron chi connectivity index (χ4n) is 6.19. The number of carbonyl (C=O) groups excluding carboxylic acids is 1. The third-order valence-corrected chi connectivity index (χ3v) is 11.9. The first kappa shape index (κ1) is 32.3. The molecule has 242 valence electrons. The average Bonchev–Trinajstić information content (AvgIpc) is 3.34. The Bertz CT molecular complexity index is 1860. The van der Waals surface area contributed by atoms with Gasteiger partial charge in [-0.15, -0.1) is 11.3 Å². The van der Waals surface area contributed by atoms with Gasteiger partial charge in [-0.1, -0.05) is 48.0 Å². The van der Waals surface area contributed by atoms with Crippen molar-refractivity contribution in [2.75, 3.05) is 30.3 Å². The van der Waals surface area contributed by atoms with Crippen molar-refractivity contribution in [3.8, 4) is 5.88 Å². The summed E-state index contributed by atoms with van der Waals surface area (Å²) in [4.78, 5) is 19.1. The molecule has 3 atom stereocenters. The summed E-state index contributed by atoms with van der Waals surface area (Å²) in [5.74, 6) is -0.717. The van der Waals surface area contributed by atoms with E-state index in [0.29, 0.717) is 23.0 Å². The lowest BCUT2D eigenvalue weighted by atomic mass is 9.72. The second kappa shape index (κ2) is 12.9. The lowest BCUT2D eigenvalue weighted by molar-refractivity contribution is -0.156. The van der Waals surface area contributed by atoms with Crippen molar-refractivity contribution in [1.29, 1.82) is 0 Å². The number of pyridine rings is 1. The van der Waals surface area contributed by atoms with Crippen molar-refractivity contribution in [3.63, 3.8) is 0 Å². The minimum atomic E-state index is -3.97. The second-order valence-corrected chi connectivity index (χ2v) is 15.7. The van der Waals surface area contributed by atoms with Gasteiger partial charge >= 0.3 is 5.97 Å². The summed E-state index contributed by atoms with van der Waals surface area (Å²) in [7, 11) is -3.97. The van der Waals surface area contributed by atoms with Gasteiger partial charge in [0.1, 0.15) is 17.6 Å². The zero-order valence-corrected chi connectivity index (χ0v) is 28.6. The quantitative estimate of drug-likeness (QED) is 0.214. The van der Waals surface area contributed by atoms with Gasteiger partial charge in [-0.25, -0.2) is 13.4 Å². The number of hydrogen-bond acceptors (Lipinski definition) is 9. The molecule has 12 heteroatoms. The van der Waals surface area contributed by atoms with E-state index in [4.69, 9.17) is 21.1 Å². The normalized spacial score (nSPS) is 20.3. The van der Waals surface area contributed by atoms with Gasteiger partial charge in [-0.3, -0.25) is 4.79 Å². The van der Waals surface area contributed by atoms with Crippen LogP contribution in [0.4, 0.5) is 11.4 Å². The Morgan fingerprint density at radius 2 is 1.98 bits per heavy atom. The average molecular weight is 681 g/mol. The van der Waals surface area contributed by atoms with Gasteiger partial charge in [-0.2, -0.15) is 4.31 Å². The number of ether oxygens (including phenoxy) is 2. The van der Waals surface area contributed by atoms with Crippen LogP contribution in [0, 0.1) is 12.3 Å². The van der Waals surface area contributed by atoms with Crippen molar-refractivity contribution in [2.24, 2.45) is 5.41 Å². The Hall–Kier alpha value is -3.64. The summed E-state index contributed by atoms with van der Waals surface area (Å²) in [6.45, 7) is 9.13. The molecule has 0 aliphatic carbocycles. The molecule has 2 aromatic carbocycles. The molecule has 6 bridgehead atoms. The fraction of sp³-hybridized carbons (Fsp3) is 0.353. The van der Waals surface area contributed by atoms with E-state index in [1.54, 1.807) is 6.07 Å². The Balaban J connectivity index is 1.49. The van der Waals surface area contributed by atoms with Gasteiger partial charge in [0.2, 0.25) is 15.9 Å². The van der Waals surface area contributed by atoms with Crippen LogP contribution >= 0.6 is 22.9 Å². The van der Waals surface area contributed by atoms with Crippen molar-refractivity contribution in [3.05, 3.63) is 98.3 Å². The molecule has 2 aliphatic heterocycles. The zero-order valence-electron chi connectivity index (χ0n) is 26.2. The Kier molecular flexibility index (Phi) is 9.04. The van der Waals surface area contributed by atoms with Gasteiger partial charge in [0.05, 0.1) is 34.2 Å². The van der Waals surface area contributed by atoms with Crippen LogP contribution in [0.1, 0.15) is 53.8 Å². The molecule has 2 aliphatic rings. The number of carbonyl (C=O) groups is 1. The highest BCUT2D eigenvalue weighted by Gasteiger charge is 2.43. The molecular formula is C34H37ClN4O5S2. The van der Waals surface area contributed by atoms with E-state index in [-0.39, 0.29) is 36.4 Å². The number of aromatic nitrogens is 1. The number of nitrogens with zero attached hydrogens (tertiary/aromatic N) is 2. The summed E-state index contributed by atoms with van der Waals surface area (Å²) < 4.78 is 42.0. The number of benzene rings is 2. The third-order valence-electron chi connectivity index (χ3n) is 8.60. The number of hydrogen-bond donors (Lipinski definition) is 2. The lowest BCUT2D eigenvalue weighted by Crippen LogP contribution is -2.40. The summed E-state index contributed by atoms with van der Waals surface area (Å²) in [5.41, 5.74) is 4.17. The van der Waals surface area contributed by atoms with Crippen LogP contribution in [0.3, 0.4) is 0 Å². The highest BCUT2D eigenvalue weighted by atomic mass is 35.5. The van der Waals surface area contributed by atoms with Gasteiger partial charge in [0.25, 0.3) is 0 Å². The molecular weight excluding hydrogens is 644 g/mol. The number of nitrogens with one attached hydrogen (secondary N) is 2. The molecule has 4 aromatic rings. The molecule has 2 unspecified atom stereocenters. The number of halogens is 1. The summed E-state index contributed by atoms with van der Waals surface area (Å²) in [6.07, 6.45) is 0.972. The summed E-state index contributed by atoms with van der Waals surface area (Å²) in [5, 5.41) is 7.01. The molecule has 4 heterocycles. The SMILES string of the molecule is CCNc1ccc2c(C)c1NC[C@@H]1CN(Cc3cc(sc3Cl)C2C(C)(C)C(=O)OCc2ccccc2)S(=O)(=O)c2cccnc2O1. The van der Waals surface area contributed by atoms with Gasteiger partial charge in [0.15, 0.2) is 0 Å². The van der Waals surface area contributed by atoms with Gasteiger partial charge in [0, 0.05) is 30.1 Å². The first-order chi connectivity index (χ1) is 22.0. The molecule has 0 amide bonds. The highest BCUT2D eigenvalue weighted by molar-refractivity contribution is 7.89. The van der Waals surface area contributed by atoms with Crippen LogP contribution in [-0.2, 0) is 32.7 Å². The number of thiophene rings is 1. The Labute approximate surface area is 279 Å². The minimum Gasteiger partial charge on any atom is -0.470 e. The van der Waals surface area contributed by atoms with Crippen LogP contribution in [0.25, 0.3) is 0 Å². The van der Waals surface area contributed by atoms with E-state index in [2.05, 4.69) is 21.7 Å². The van der Waals surface area contributed by atoms with Crippen LogP contribution < -0.4 is 15.4 Å². The van der Waals surface area contributed by atoms with Gasteiger partial charge in [-0.05, 0) is 74.2 Å². The van der Waals surface area contributed by atoms with E-state index in [1.807, 2.05) is 70.2 Å². The van der Waals surface area contributed by atoms with Gasteiger partial charge < -0.3 is 20.1 Å². The van der Waals surface area contributed by atoms with Crippen molar-refractivity contribution >= 4 is 50.3 Å². The maximum atomic E-state index is 14.0. The highest BCUT2D eigenvalue weighted by Crippen LogP contribution is 2.49. The number of fused-ring (bicyclic) bond motifs is 7. The predicted molar refractivity (Wildman–Crippen MR) is 181 cm³/mol. The second-order valence-electron chi connectivity index (χ2n) is 12.1. The number of anilines is 2. The van der Waals surface area contributed by atoms with E-state index in [9.17, 15) is 13.2 Å². The maximum absolute atomic E-state index is 14.0. The standard InChI is InChI=1S/C34H37ClN4O5S2/c1-5-36-26-14-13-25-21(2)30(26)38-17-24-19-39(46(41,42)28-12-9-15-37-32(28)44-24)18-23-16-27(45-31(23)35)29(25)34(3,4)33(40)43-20-22-10-7-6-8-11-22/h6-16,24,29,36,38H,5,17-20H2,1-4H3/t24-,29?/m1/s1. The van der Waals surface area contributed by atoms with Crippen LogP contribution in [0.15, 0.2) is 71.8 Å². The Morgan fingerprint density at radius 3 is 2.74 bits per heavy atom. The van der Waals surface area contributed by atoms with Crippen molar-refractivity contribution in [2.45, 2.75) is 57.8 Å². The lowest BCUT2D eigenvalue weighted by Gasteiger charge is -2.34. The molecule has 2 aromatic heterocycles. The van der Waals surface area contributed by atoms with Crippen molar-refractivity contribution in [1.82, 2.24) is 9.29 Å². The molecule has 6 rings (SSSR count). The molecule has 0 spiro atoms. The summed E-state index contributed by atoms with van der Waals surface area (Å²) in [6, 6.07) is 18.7. The first-order valence-electron chi connectivity index (χ1n) is 15.2. The number of sulfonamides is 1. The first-order valence-corrected chi connectivity index (χ1v) is 17.9.